The van der Waals surface area contributed by atoms with Gasteiger partial charge in [-0.05, 0) is 75.8 Å². The first-order chi connectivity index (χ1) is 18.8. The molecule has 39 heavy (non-hydrogen) atoms. The predicted octanol–water partition coefficient (Wildman–Crippen LogP) is 2.87. The lowest BCUT2D eigenvalue weighted by Gasteiger charge is -2.36. The fraction of sp³-hybridized carbons (Fsp3) is 0.429. The van der Waals surface area contributed by atoms with Gasteiger partial charge in [0.25, 0.3) is 11.5 Å². The van der Waals surface area contributed by atoms with Crippen molar-refractivity contribution in [2.24, 2.45) is 5.92 Å². The smallest absolute Gasteiger partial charge is 0.331 e. The van der Waals surface area contributed by atoms with Crippen LogP contribution in [0.25, 0.3) is 10.9 Å². The number of fused-ring (bicyclic) bond motifs is 1. The summed E-state index contributed by atoms with van der Waals surface area (Å²) >= 11 is 0. The van der Waals surface area contributed by atoms with E-state index in [9.17, 15) is 24.4 Å². The summed E-state index contributed by atoms with van der Waals surface area (Å²) in [6.07, 6.45) is 6.02. The van der Waals surface area contributed by atoms with E-state index in [2.05, 4.69) is 21.7 Å². The number of nitrogens with zero attached hydrogens (tertiary/aromatic N) is 5. The summed E-state index contributed by atoms with van der Waals surface area (Å²) in [6, 6.07) is 8.76. The maximum Gasteiger partial charge on any atom is 0.331 e. The normalized spacial score (nSPS) is 19.1. The second-order valence-corrected chi connectivity index (χ2v) is 10.6. The molecule has 2 unspecified atom stereocenters. The van der Waals surface area contributed by atoms with Crippen LogP contribution in [0, 0.1) is 17.2 Å². The second-order valence-electron chi connectivity index (χ2n) is 10.6. The van der Waals surface area contributed by atoms with Crippen LogP contribution in [0.15, 0.2) is 52.3 Å². The van der Waals surface area contributed by atoms with Crippen LogP contribution in [0.1, 0.15) is 55.9 Å². The number of amides is 3. The molecule has 1 aliphatic carbocycles. The highest BCUT2D eigenvalue weighted by Gasteiger charge is 2.33. The molecule has 3 aromatic rings. The molecule has 3 heterocycles. The molecule has 0 spiro atoms. The number of carbonyl (C=O) groups is 2. The van der Waals surface area contributed by atoms with Crippen molar-refractivity contribution in [3.05, 3.63) is 69.1 Å². The van der Waals surface area contributed by atoms with E-state index >= 15 is 0 Å². The van der Waals surface area contributed by atoms with Gasteiger partial charge in [0, 0.05) is 43.3 Å². The number of nitriles is 1. The van der Waals surface area contributed by atoms with Crippen LogP contribution in [-0.4, -0.2) is 49.6 Å². The van der Waals surface area contributed by atoms with Gasteiger partial charge in [-0.2, -0.15) is 5.26 Å². The van der Waals surface area contributed by atoms with Crippen molar-refractivity contribution in [2.75, 3.05) is 11.9 Å². The van der Waals surface area contributed by atoms with Crippen LogP contribution in [0.5, 0.6) is 0 Å². The molecule has 2 fully saturated rings. The van der Waals surface area contributed by atoms with Gasteiger partial charge >= 0.3 is 11.7 Å². The number of likely N-dealkylation sites (tertiary alicyclic amines) is 1. The number of hydrogen-bond acceptors (Lipinski definition) is 6. The van der Waals surface area contributed by atoms with Gasteiger partial charge in [-0.1, -0.05) is 0 Å². The summed E-state index contributed by atoms with van der Waals surface area (Å²) in [5.41, 5.74) is 0.613. The molecular weight excluding hydrogens is 498 g/mol. The maximum absolute atomic E-state index is 13.3. The van der Waals surface area contributed by atoms with Crippen molar-refractivity contribution < 1.29 is 9.59 Å². The second kappa shape index (κ2) is 10.7. The average Bonchev–Trinajstić information content (AvgIpc) is 3.76. The molecule has 2 atom stereocenters. The number of urea groups is 1. The van der Waals surface area contributed by atoms with Crippen LogP contribution in [0.2, 0.25) is 0 Å². The Hall–Kier alpha value is -4.46. The molecule has 202 valence electrons. The lowest BCUT2D eigenvalue weighted by Crippen LogP contribution is -2.54. The SMILES string of the molecule is CC(C)n1c(=O)n(CC2CC2)c(=O)c2cc(NC(=O)N3CC(NC(=O)c4cccnc4)CCC3C#N)ccc21. The Kier molecular flexibility index (Phi) is 7.19. The van der Waals surface area contributed by atoms with Crippen LogP contribution in [0.4, 0.5) is 10.5 Å². The summed E-state index contributed by atoms with van der Waals surface area (Å²) in [5, 5.41) is 15.8. The molecule has 0 bridgehead atoms. The van der Waals surface area contributed by atoms with E-state index in [0.29, 0.717) is 47.5 Å². The number of hydrogen-bond donors (Lipinski definition) is 2. The van der Waals surface area contributed by atoms with E-state index in [1.54, 1.807) is 41.1 Å². The van der Waals surface area contributed by atoms with Crippen LogP contribution < -0.4 is 21.9 Å². The lowest BCUT2D eigenvalue weighted by atomic mass is 9.99. The van der Waals surface area contributed by atoms with Gasteiger partial charge in [-0.25, -0.2) is 9.59 Å². The zero-order valence-electron chi connectivity index (χ0n) is 22.0. The van der Waals surface area contributed by atoms with Crippen LogP contribution >= 0.6 is 0 Å². The van der Waals surface area contributed by atoms with Crippen molar-refractivity contribution in [3.63, 3.8) is 0 Å². The molecule has 3 amide bonds. The molecule has 2 aliphatic rings. The maximum atomic E-state index is 13.3. The van der Waals surface area contributed by atoms with Crippen molar-refractivity contribution in [1.29, 1.82) is 5.26 Å². The number of rotatable bonds is 6. The number of pyridine rings is 1. The predicted molar refractivity (Wildman–Crippen MR) is 145 cm³/mol. The van der Waals surface area contributed by atoms with Gasteiger partial charge < -0.3 is 15.5 Å². The van der Waals surface area contributed by atoms with E-state index in [0.717, 1.165) is 12.8 Å². The molecule has 1 saturated carbocycles. The van der Waals surface area contributed by atoms with Gasteiger partial charge in [0.2, 0.25) is 0 Å². The summed E-state index contributed by atoms with van der Waals surface area (Å²) < 4.78 is 2.91. The third-order valence-corrected chi connectivity index (χ3v) is 7.32. The topological polar surface area (TPSA) is 142 Å². The molecule has 11 heteroatoms. The zero-order valence-corrected chi connectivity index (χ0v) is 22.0. The summed E-state index contributed by atoms with van der Waals surface area (Å²) in [6.45, 7) is 4.33. The average molecular weight is 530 g/mol. The summed E-state index contributed by atoms with van der Waals surface area (Å²) in [5.74, 6) is 0.0435. The Labute approximate surface area is 225 Å². The first kappa shape index (κ1) is 26.2. The third kappa shape index (κ3) is 5.41. The Morgan fingerprint density at radius 1 is 1.15 bits per heavy atom. The highest BCUT2D eigenvalue weighted by Crippen LogP contribution is 2.30. The monoisotopic (exact) mass is 529 g/mol. The lowest BCUT2D eigenvalue weighted by molar-refractivity contribution is 0.0902. The van der Waals surface area contributed by atoms with Crippen molar-refractivity contribution in [2.45, 2.75) is 64.2 Å². The highest BCUT2D eigenvalue weighted by atomic mass is 16.2. The van der Waals surface area contributed by atoms with Crippen LogP contribution in [0.3, 0.4) is 0 Å². The Morgan fingerprint density at radius 3 is 2.62 bits per heavy atom. The van der Waals surface area contributed by atoms with E-state index in [1.165, 1.54) is 15.7 Å². The molecule has 5 rings (SSSR count). The van der Waals surface area contributed by atoms with Gasteiger partial charge in [0.1, 0.15) is 6.04 Å². The fourth-order valence-corrected chi connectivity index (χ4v) is 5.09. The Morgan fingerprint density at radius 2 is 1.95 bits per heavy atom. The van der Waals surface area contributed by atoms with Gasteiger partial charge in [0.05, 0.1) is 22.5 Å². The molecule has 1 aliphatic heterocycles. The number of piperidine rings is 1. The number of aromatic nitrogens is 3. The van der Waals surface area contributed by atoms with Crippen LogP contribution in [-0.2, 0) is 6.54 Å². The molecule has 0 radical (unpaired) electrons. The van der Waals surface area contributed by atoms with Crippen molar-refractivity contribution >= 4 is 28.5 Å². The van der Waals surface area contributed by atoms with Gasteiger partial charge in [-0.15, -0.1) is 0 Å². The largest absolute Gasteiger partial charge is 0.347 e. The van der Waals surface area contributed by atoms with E-state index in [1.807, 2.05) is 13.8 Å². The highest BCUT2D eigenvalue weighted by molar-refractivity contribution is 5.95. The van der Waals surface area contributed by atoms with Crippen molar-refractivity contribution in [1.82, 2.24) is 24.3 Å². The number of nitrogens with one attached hydrogen (secondary N) is 2. The molecule has 11 nitrogen and oxygen atoms in total. The minimum absolute atomic E-state index is 0.157. The number of carbonyl (C=O) groups excluding carboxylic acids is 2. The fourth-order valence-electron chi connectivity index (χ4n) is 5.09. The Balaban J connectivity index is 1.38. The minimum Gasteiger partial charge on any atom is -0.347 e. The summed E-state index contributed by atoms with van der Waals surface area (Å²) in [4.78, 5) is 57.7. The number of anilines is 1. The first-order valence-corrected chi connectivity index (χ1v) is 13.2. The van der Waals surface area contributed by atoms with Crippen molar-refractivity contribution in [3.8, 4) is 6.07 Å². The minimum atomic E-state index is -0.654. The first-order valence-electron chi connectivity index (χ1n) is 13.2. The van der Waals surface area contributed by atoms with Gasteiger partial charge in [0.15, 0.2) is 0 Å². The summed E-state index contributed by atoms with van der Waals surface area (Å²) in [7, 11) is 0. The quantitative estimate of drug-likeness (QED) is 0.503. The standard InChI is InChI=1S/C28H31N7O4/c1-17(2)35-24-10-8-20(12-23(24)26(37)34(28(35)39)15-18-5-6-18)32-27(38)33-16-21(7-9-22(33)13-29)31-25(36)19-4-3-11-30-14-19/h3-4,8,10-12,14,17-18,21-22H,5-7,9,15-16H2,1-2H3,(H,31,36)(H,32,38). The van der Waals surface area contributed by atoms with E-state index in [4.69, 9.17) is 0 Å². The molecule has 1 saturated heterocycles. The number of benzene rings is 1. The molecule has 2 N–H and O–H groups in total. The third-order valence-electron chi connectivity index (χ3n) is 7.32. The van der Waals surface area contributed by atoms with E-state index in [-0.39, 0.29) is 35.8 Å². The zero-order chi connectivity index (χ0) is 27.7. The Bertz CT molecular complexity index is 1570. The van der Waals surface area contributed by atoms with E-state index < -0.39 is 12.1 Å². The molecule has 2 aromatic heterocycles. The van der Waals surface area contributed by atoms with Gasteiger partial charge in [-0.3, -0.25) is 23.7 Å². The molecule has 1 aromatic carbocycles. The molecular formula is C28H31N7O4.